The molecule has 2 rings (SSSR count). The number of rotatable bonds is 5. The fourth-order valence-corrected chi connectivity index (χ4v) is 3.43. The molecule has 1 atom stereocenters. The van der Waals surface area contributed by atoms with Gasteiger partial charge in [-0.15, -0.1) is 11.8 Å². The standard InChI is InChI=1S/C15H20IN3OS/c1-14(2,3)15(20,8-19-11-17-10-18-19)9-21-13-6-4-12(16)5-7-13/h4-7,10-11,20H,8-9H2,1-3H3. The number of nitrogens with zero attached hydrogens (tertiary/aromatic N) is 3. The minimum absolute atomic E-state index is 0.255. The number of halogens is 1. The largest absolute Gasteiger partial charge is 0.387 e. The average molecular weight is 417 g/mol. The Hall–Kier alpha value is -0.600. The predicted molar refractivity (Wildman–Crippen MR) is 94.3 cm³/mol. The maximum atomic E-state index is 11.1. The summed E-state index contributed by atoms with van der Waals surface area (Å²) >= 11 is 3.96. The van der Waals surface area contributed by atoms with E-state index in [0.717, 1.165) is 4.90 Å². The molecule has 4 nitrogen and oxygen atoms in total. The molecule has 1 aromatic carbocycles. The first kappa shape index (κ1) is 16.8. The highest BCUT2D eigenvalue weighted by molar-refractivity contribution is 14.1. The van der Waals surface area contributed by atoms with E-state index in [0.29, 0.717) is 12.3 Å². The molecule has 1 heterocycles. The number of hydrogen-bond acceptors (Lipinski definition) is 4. The summed E-state index contributed by atoms with van der Waals surface area (Å²) < 4.78 is 2.91. The Balaban J connectivity index is 2.11. The zero-order valence-electron chi connectivity index (χ0n) is 12.5. The second-order valence-electron chi connectivity index (χ2n) is 6.12. The smallest absolute Gasteiger partial charge is 0.137 e. The molecule has 2 aromatic rings. The number of thioether (sulfide) groups is 1. The maximum absolute atomic E-state index is 11.1. The van der Waals surface area contributed by atoms with Gasteiger partial charge in [0.05, 0.1) is 12.1 Å². The van der Waals surface area contributed by atoms with Crippen LogP contribution in [0, 0.1) is 8.99 Å². The highest BCUT2D eigenvalue weighted by Crippen LogP contribution is 2.36. The van der Waals surface area contributed by atoms with Gasteiger partial charge in [-0.3, -0.25) is 4.68 Å². The van der Waals surface area contributed by atoms with E-state index < -0.39 is 5.60 Å². The van der Waals surface area contributed by atoms with Gasteiger partial charge < -0.3 is 5.11 Å². The molecule has 0 saturated carbocycles. The first-order valence-corrected chi connectivity index (χ1v) is 8.80. The molecule has 114 valence electrons. The minimum atomic E-state index is -0.867. The van der Waals surface area contributed by atoms with Gasteiger partial charge in [-0.05, 0) is 52.3 Å². The molecule has 0 spiro atoms. The molecule has 0 aliphatic rings. The van der Waals surface area contributed by atoms with Crippen molar-refractivity contribution in [2.75, 3.05) is 5.75 Å². The second kappa shape index (κ2) is 6.66. The van der Waals surface area contributed by atoms with Crippen LogP contribution in [0.1, 0.15) is 20.8 Å². The zero-order chi connectivity index (χ0) is 15.5. The predicted octanol–water partition coefficient (Wildman–Crippen LogP) is 3.45. The quantitative estimate of drug-likeness (QED) is 0.598. The van der Waals surface area contributed by atoms with Crippen molar-refractivity contribution in [1.82, 2.24) is 14.8 Å². The summed E-state index contributed by atoms with van der Waals surface area (Å²) in [5.41, 5.74) is -1.12. The first-order valence-electron chi connectivity index (χ1n) is 6.73. The molecule has 0 saturated heterocycles. The monoisotopic (exact) mass is 417 g/mol. The van der Waals surface area contributed by atoms with Crippen LogP contribution < -0.4 is 0 Å². The van der Waals surface area contributed by atoms with Crippen molar-refractivity contribution >= 4 is 34.4 Å². The van der Waals surface area contributed by atoms with Crippen molar-refractivity contribution in [3.05, 3.63) is 40.5 Å². The van der Waals surface area contributed by atoms with Crippen molar-refractivity contribution in [2.45, 2.75) is 37.8 Å². The van der Waals surface area contributed by atoms with Crippen molar-refractivity contribution in [2.24, 2.45) is 5.41 Å². The van der Waals surface area contributed by atoms with E-state index in [1.54, 1.807) is 22.8 Å². The Bertz CT molecular complexity index is 566. The van der Waals surface area contributed by atoms with Crippen LogP contribution in [0.3, 0.4) is 0 Å². The van der Waals surface area contributed by atoms with Crippen LogP contribution in [-0.2, 0) is 6.54 Å². The molecule has 0 radical (unpaired) electrons. The van der Waals surface area contributed by atoms with Gasteiger partial charge >= 0.3 is 0 Å². The summed E-state index contributed by atoms with van der Waals surface area (Å²) in [6.45, 7) is 6.60. The lowest BCUT2D eigenvalue weighted by Gasteiger charge is -2.40. The topological polar surface area (TPSA) is 50.9 Å². The Kier molecular flexibility index (Phi) is 5.32. The highest BCUT2D eigenvalue weighted by atomic mass is 127. The van der Waals surface area contributed by atoms with Crippen molar-refractivity contribution in [3.63, 3.8) is 0 Å². The number of aliphatic hydroxyl groups is 1. The Morgan fingerprint density at radius 2 is 1.90 bits per heavy atom. The van der Waals surface area contributed by atoms with E-state index in [-0.39, 0.29) is 5.41 Å². The Morgan fingerprint density at radius 3 is 2.43 bits per heavy atom. The molecule has 0 aliphatic carbocycles. The van der Waals surface area contributed by atoms with E-state index >= 15 is 0 Å². The fraction of sp³-hybridized carbons (Fsp3) is 0.467. The molecule has 1 N–H and O–H groups in total. The number of hydrogen-bond donors (Lipinski definition) is 1. The molecule has 1 unspecified atom stereocenters. The van der Waals surface area contributed by atoms with Crippen LogP contribution >= 0.6 is 34.4 Å². The van der Waals surface area contributed by atoms with Crippen molar-refractivity contribution < 1.29 is 5.11 Å². The van der Waals surface area contributed by atoms with Gasteiger partial charge in [0.15, 0.2) is 0 Å². The van der Waals surface area contributed by atoms with Crippen LogP contribution in [0.25, 0.3) is 0 Å². The number of benzene rings is 1. The highest BCUT2D eigenvalue weighted by Gasteiger charge is 2.40. The Labute approximate surface area is 143 Å². The third-order valence-corrected chi connectivity index (χ3v) is 5.52. The maximum Gasteiger partial charge on any atom is 0.137 e. The number of aromatic nitrogens is 3. The summed E-state index contributed by atoms with van der Waals surface area (Å²) in [7, 11) is 0. The summed E-state index contributed by atoms with van der Waals surface area (Å²) in [5.74, 6) is 0.608. The third-order valence-electron chi connectivity index (χ3n) is 3.58. The SMILES string of the molecule is CC(C)(C)C(O)(CSc1ccc(I)cc1)Cn1cncn1. The lowest BCUT2D eigenvalue weighted by Crippen LogP contribution is -2.49. The van der Waals surface area contributed by atoms with Gasteiger partial charge in [0.2, 0.25) is 0 Å². The van der Waals surface area contributed by atoms with E-state index in [2.05, 4.69) is 77.7 Å². The van der Waals surface area contributed by atoms with Crippen LogP contribution in [0.5, 0.6) is 0 Å². The molecule has 6 heteroatoms. The normalized spacial score (nSPS) is 14.9. The summed E-state index contributed by atoms with van der Waals surface area (Å²) in [5, 5.41) is 15.2. The molecule has 0 bridgehead atoms. The first-order chi connectivity index (χ1) is 9.80. The summed E-state index contributed by atoms with van der Waals surface area (Å²) in [6.07, 6.45) is 3.14. The zero-order valence-corrected chi connectivity index (χ0v) is 15.4. The van der Waals surface area contributed by atoms with Gasteiger partial charge in [-0.25, -0.2) is 4.98 Å². The van der Waals surface area contributed by atoms with Crippen molar-refractivity contribution in [1.29, 1.82) is 0 Å². The summed E-state index contributed by atoms with van der Waals surface area (Å²) in [4.78, 5) is 5.11. The van der Waals surface area contributed by atoms with Gasteiger partial charge in [0, 0.05) is 14.2 Å². The van der Waals surface area contributed by atoms with Gasteiger partial charge in [-0.1, -0.05) is 20.8 Å². The third kappa shape index (κ3) is 4.43. The lowest BCUT2D eigenvalue weighted by atomic mass is 9.77. The second-order valence-corrected chi connectivity index (χ2v) is 8.41. The van der Waals surface area contributed by atoms with E-state index in [9.17, 15) is 5.11 Å². The van der Waals surface area contributed by atoms with E-state index in [1.807, 2.05) is 0 Å². The van der Waals surface area contributed by atoms with Crippen LogP contribution in [0.2, 0.25) is 0 Å². The van der Waals surface area contributed by atoms with E-state index in [4.69, 9.17) is 0 Å². The molecule has 0 aliphatic heterocycles. The van der Waals surface area contributed by atoms with Crippen LogP contribution in [0.15, 0.2) is 41.8 Å². The lowest BCUT2D eigenvalue weighted by molar-refractivity contribution is -0.0527. The summed E-state index contributed by atoms with van der Waals surface area (Å²) in [6, 6.07) is 8.34. The van der Waals surface area contributed by atoms with Crippen molar-refractivity contribution in [3.8, 4) is 0 Å². The van der Waals surface area contributed by atoms with Gasteiger partial charge in [-0.2, -0.15) is 5.10 Å². The molecular weight excluding hydrogens is 397 g/mol. The van der Waals surface area contributed by atoms with E-state index in [1.165, 1.54) is 9.90 Å². The molecule has 1 aromatic heterocycles. The minimum Gasteiger partial charge on any atom is -0.387 e. The molecule has 21 heavy (non-hydrogen) atoms. The Morgan fingerprint density at radius 1 is 1.24 bits per heavy atom. The molecule has 0 amide bonds. The molecular formula is C15H20IN3OS. The van der Waals surface area contributed by atoms with Gasteiger partial charge in [0.25, 0.3) is 0 Å². The van der Waals surface area contributed by atoms with Crippen LogP contribution in [-0.4, -0.2) is 31.2 Å². The molecule has 0 fully saturated rings. The van der Waals surface area contributed by atoms with Gasteiger partial charge in [0.1, 0.15) is 12.7 Å². The fourth-order valence-electron chi connectivity index (χ4n) is 1.82. The average Bonchev–Trinajstić information content (AvgIpc) is 2.89. The van der Waals surface area contributed by atoms with Crippen LogP contribution in [0.4, 0.5) is 0 Å².